The molecule has 4 aromatic rings. The first-order valence-electron chi connectivity index (χ1n) is 8.55. The van der Waals surface area contributed by atoms with Gasteiger partial charge in [-0.3, -0.25) is 9.89 Å². The number of halogens is 1. The van der Waals surface area contributed by atoms with Crippen LogP contribution in [-0.2, 0) is 22.5 Å². The summed E-state index contributed by atoms with van der Waals surface area (Å²) in [6.45, 7) is 0.0241. The highest BCUT2D eigenvalue weighted by Crippen LogP contribution is 2.33. The van der Waals surface area contributed by atoms with Gasteiger partial charge in [0.15, 0.2) is 0 Å². The van der Waals surface area contributed by atoms with Crippen molar-refractivity contribution in [3.05, 3.63) is 64.4 Å². The average molecular weight is 397 g/mol. The Hall–Kier alpha value is -3.26. The van der Waals surface area contributed by atoms with Gasteiger partial charge in [0.1, 0.15) is 10.7 Å². The van der Waals surface area contributed by atoms with Gasteiger partial charge in [-0.1, -0.05) is 24.3 Å². The monoisotopic (exact) mass is 397 g/mol. The van der Waals surface area contributed by atoms with Crippen molar-refractivity contribution in [1.82, 2.24) is 15.5 Å². The van der Waals surface area contributed by atoms with Crippen molar-refractivity contribution in [1.29, 1.82) is 0 Å². The fraction of sp³-hybridized carbons (Fsp3) is 0.150. The summed E-state index contributed by atoms with van der Waals surface area (Å²) in [5.74, 6) is -1.25. The minimum absolute atomic E-state index is 0.0241. The highest BCUT2D eigenvalue weighted by atomic mass is 32.1. The third kappa shape index (κ3) is 3.22. The summed E-state index contributed by atoms with van der Waals surface area (Å²) < 4.78 is 19.8. The van der Waals surface area contributed by atoms with Gasteiger partial charge in [-0.05, 0) is 18.2 Å². The number of aromatic amines is 1. The number of para-hydroxylation sites is 1. The van der Waals surface area contributed by atoms with E-state index in [0.29, 0.717) is 21.3 Å². The lowest BCUT2D eigenvalue weighted by Gasteiger charge is -2.07. The molecule has 0 radical (unpaired) electrons. The highest BCUT2D eigenvalue weighted by molar-refractivity contribution is 7.21. The number of esters is 1. The van der Waals surface area contributed by atoms with Gasteiger partial charge in [-0.25, -0.2) is 9.18 Å². The number of H-pyrrole nitrogens is 1. The number of aromatic nitrogens is 2. The van der Waals surface area contributed by atoms with Crippen LogP contribution in [0.3, 0.4) is 0 Å². The second kappa shape index (κ2) is 7.40. The molecule has 4 rings (SSSR count). The van der Waals surface area contributed by atoms with Crippen LogP contribution in [0.1, 0.15) is 20.9 Å². The van der Waals surface area contributed by atoms with Crippen molar-refractivity contribution in [3.63, 3.8) is 0 Å². The first-order chi connectivity index (χ1) is 13.6. The molecule has 0 fully saturated rings. The number of hydrogen-bond donors (Lipinski definition) is 2. The molecule has 8 heteroatoms. The molecule has 2 heterocycles. The maximum atomic E-state index is 14.4. The summed E-state index contributed by atoms with van der Waals surface area (Å²) in [5, 5.41) is 11.0. The zero-order valence-corrected chi connectivity index (χ0v) is 15.7. The number of nitrogens with zero attached hydrogens (tertiary/aromatic N) is 1. The summed E-state index contributed by atoms with van der Waals surface area (Å²) in [5.41, 5.74) is 1.90. The third-order valence-electron chi connectivity index (χ3n) is 4.47. The van der Waals surface area contributed by atoms with Gasteiger partial charge in [0.05, 0.1) is 24.7 Å². The van der Waals surface area contributed by atoms with Gasteiger partial charge in [-0.2, -0.15) is 5.10 Å². The predicted molar refractivity (Wildman–Crippen MR) is 105 cm³/mol. The summed E-state index contributed by atoms with van der Waals surface area (Å²) in [7, 11) is 1.27. The number of fused-ring (bicyclic) bond motifs is 2. The van der Waals surface area contributed by atoms with Gasteiger partial charge in [0.25, 0.3) is 0 Å². The average Bonchev–Trinajstić information content (AvgIpc) is 3.28. The number of thiophene rings is 1. The minimum atomic E-state index is -0.551. The normalized spacial score (nSPS) is 11.1. The molecular formula is C20H16FN3O3S. The summed E-state index contributed by atoms with van der Waals surface area (Å²) in [6, 6.07) is 12.1. The lowest BCUT2D eigenvalue weighted by Crippen LogP contribution is -2.25. The minimum Gasteiger partial charge on any atom is -0.465 e. The number of ether oxygens (including phenoxy) is 1. The first kappa shape index (κ1) is 18.1. The van der Waals surface area contributed by atoms with Crippen LogP contribution in [-0.4, -0.2) is 29.2 Å². The fourth-order valence-electron chi connectivity index (χ4n) is 3.15. The molecule has 0 aliphatic carbocycles. The van der Waals surface area contributed by atoms with E-state index in [1.54, 1.807) is 12.1 Å². The smallest absolute Gasteiger partial charge is 0.348 e. The van der Waals surface area contributed by atoms with Crippen molar-refractivity contribution in [2.75, 3.05) is 7.11 Å². The zero-order valence-electron chi connectivity index (χ0n) is 14.9. The zero-order chi connectivity index (χ0) is 19.7. The quantitative estimate of drug-likeness (QED) is 0.505. The van der Waals surface area contributed by atoms with E-state index in [0.717, 1.165) is 22.2 Å². The molecule has 0 saturated carbocycles. The molecule has 2 aromatic heterocycles. The number of hydrogen-bond acceptors (Lipinski definition) is 5. The molecule has 142 valence electrons. The molecule has 0 saturated heterocycles. The second-order valence-electron chi connectivity index (χ2n) is 6.19. The second-order valence-corrected chi connectivity index (χ2v) is 7.24. The van der Waals surface area contributed by atoms with E-state index in [2.05, 4.69) is 15.5 Å². The van der Waals surface area contributed by atoms with Gasteiger partial charge in [-0.15, -0.1) is 11.3 Å². The topological polar surface area (TPSA) is 84.1 Å². The SMILES string of the molecule is COC(=O)c1sc2cccc(F)c2c1CNC(=O)Cc1[nH]nc2ccccc12. The van der Waals surface area contributed by atoms with Crippen LogP contribution in [0.2, 0.25) is 0 Å². The van der Waals surface area contributed by atoms with E-state index >= 15 is 0 Å². The Labute approximate surface area is 163 Å². The Morgan fingerprint density at radius 3 is 2.86 bits per heavy atom. The molecule has 0 spiro atoms. The number of benzene rings is 2. The van der Waals surface area contributed by atoms with Crippen molar-refractivity contribution in [2.24, 2.45) is 0 Å². The van der Waals surface area contributed by atoms with Gasteiger partial charge in [0, 0.05) is 27.6 Å². The van der Waals surface area contributed by atoms with Gasteiger partial charge < -0.3 is 10.1 Å². The molecule has 2 aromatic carbocycles. The number of amides is 1. The first-order valence-corrected chi connectivity index (χ1v) is 9.37. The van der Waals surface area contributed by atoms with E-state index in [1.807, 2.05) is 24.3 Å². The van der Waals surface area contributed by atoms with Crippen LogP contribution in [0.4, 0.5) is 4.39 Å². The number of nitrogens with one attached hydrogen (secondary N) is 2. The number of methoxy groups -OCH3 is 1. The molecule has 0 bridgehead atoms. The molecule has 28 heavy (non-hydrogen) atoms. The lowest BCUT2D eigenvalue weighted by atomic mass is 10.1. The van der Waals surface area contributed by atoms with E-state index in [-0.39, 0.29) is 23.7 Å². The number of carbonyl (C=O) groups excluding carboxylic acids is 2. The van der Waals surface area contributed by atoms with Crippen LogP contribution in [0.15, 0.2) is 42.5 Å². The van der Waals surface area contributed by atoms with E-state index < -0.39 is 11.8 Å². The van der Waals surface area contributed by atoms with Gasteiger partial charge >= 0.3 is 5.97 Å². The molecule has 6 nitrogen and oxygen atoms in total. The largest absolute Gasteiger partial charge is 0.465 e. The Kier molecular flexibility index (Phi) is 4.79. The Morgan fingerprint density at radius 2 is 2.04 bits per heavy atom. The van der Waals surface area contributed by atoms with Crippen LogP contribution >= 0.6 is 11.3 Å². The standard InChI is InChI=1S/C20H16FN3O3S/c1-27-20(26)19-12(18-13(21)6-4-8-16(18)28-19)10-22-17(25)9-15-11-5-2-3-7-14(11)23-24-15/h2-8H,9-10H2,1H3,(H,22,25)(H,23,24). The number of rotatable bonds is 5. The molecule has 0 unspecified atom stereocenters. The molecule has 0 aliphatic rings. The fourth-order valence-corrected chi connectivity index (χ4v) is 4.31. The number of carbonyl (C=O) groups is 2. The maximum absolute atomic E-state index is 14.4. The van der Waals surface area contributed by atoms with E-state index in [9.17, 15) is 14.0 Å². The summed E-state index contributed by atoms with van der Waals surface area (Å²) >= 11 is 1.15. The van der Waals surface area contributed by atoms with Crippen molar-refractivity contribution in [2.45, 2.75) is 13.0 Å². The third-order valence-corrected chi connectivity index (χ3v) is 5.65. The van der Waals surface area contributed by atoms with E-state index in [4.69, 9.17) is 4.74 Å². The molecule has 0 aliphatic heterocycles. The van der Waals surface area contributed by atoms with Crippen LogP contribution in [0.5, 0.6) is 0 Å². The Morgan fingerprint density at radius 1 is 1.21 bits per heavy atom. The lowest BCUT2D eigenvalue weighted by molar-refractivity contribution is -0.120. The maximum Gasteiger partial charge on any atom is 0.348 e. The Balaban J connectivity index is 1.58. The van der Waals surface area contributed by atoms with E-state index in [1.165, 1.54) is 13.2 Å². The van der Waals surface area contributed by atoms with Crippen LogP contribution in [0.25, 0.3) is 21.0 Å². The van der Waals surface area contributed by atoms with Gasteiger partial charge in [0.2, 0.25) is 5.91 Å². The molecule has 1 amide bonds. The van der Waals surface area contributed by atoms with Crippen LogP contribution < -0.4 is 5.32 Å². The van der Waals surface area contributed by atoms with Crippen molar-refractivity contribution in [3.8, 4) is 0 Å². The molecular weight excluding hydrogens is 381 g/mol. The summed E-state index contributed by atoms with van der Waals surface area (Å²) in [4.78, 5) is 24.8. The molecule has 0 atom stereocenters. The Bertz CT molecular complexity index is 1200. The molecule has 2 N–H and O–H groups in total. The predicted octanol–water partition coefficient (Wildman–Crippen LogP) is 3.56. The van der Waals surface area contributed by atoms with Crippen molar-refractivity contribution >= 4 is 44.2 Å². The van der Waals surface area contributed by atoms with Crippen molar-refractivity contribution < 1.29 is 18.7 Å². The summed E-state index contributed by atoms with van der Waals surface area (Å²) in [6.07, 6.45) is 0.0959. The van der Waals surface area contributed by atoms with Crippen LogP contribution in [0, 0.1) is 5.82 Å². The highest BCUT2D eigenvalue weighted by Gasteiger charge is 2.22.